The third-order valence-electron chi connectivity index (χ3n) is 8.74. The first-order valence-electron chi connectivity index (χ1n) is 15.4. The van der Waals surface area contributed by atoms with Crippen molar-refractivity contribution in [2.45, 2.75) is 58.0 Å². The summed E-state index contributed by atoms with van der Waals surface area (Å²) < 4.78 is 2.13. The van der Waals surface area contributed by atoms with Crippen molar-refractivity contribution in [1.82, 2.24) is 34.6 Å². The summed E-state index contributed by atoms with van der Waals surface area (Å²) in [7, 11) is 2.16. The van der Waals surface area contributed by atoms with Gasteiger partial charge in [-0.05, 0) is 50.1 Å². The maximum absolute atomic E-state index is 13.3. The summed E-state index contributed by atoms with van der Waals surface area (Å²) in [4.78, 5) is 41.9. The minimum Gasteiger partial charge on any atom is -0.383 e. The van der Waals surface area contributed by atoms with Gasteiger partial charge >= 0.3 is 0 Å². The average Bonchev–Trinajstić information content (AvgIpc) is 3.77. The number of aliphatic hydroxyl groups is 1. The molecule has 11 heteroatoms. The van der Waals surface area contributed by atoms with E-state index in [1.807, 2.05) is 36.6 Å². The van der Waals surface area contributed by atoms with E-state index in [4.69, 9.17) is 0 Å². The fourth-order valence-electron chi connectivity index (χ4n) is 6.30. The van der Waals surface area contributed by atoms with Gasteiger partial charge in [0, 0.05) is 44.6 Å². The Balaban J connectivity index is 1.00. The number of nitrogens with zero attached hydrogens (tertiary/aromatic N) is 6. The van der Waals surface area contributed by atoms with Crippen molar-refractivity contribution in [2.75, 3.05) is 39.8 Å². The van der Waals surface area contributed by atoms with Crippen LogP contribution in [0.1, 0.15) is 53.0 Å². The van der Waals surface area contributed by atoms with Crippen molar-refractivity contribution < 1.29 is 14.7 Å². The molecule has 1 unspecified atom stereocenters. The van der Waals surface area contributed by atoms with E-state index in [1.54, 1.807) is 4.90 Å². The van der Waals surface area contributed by atoms with E-state index < -0.39 is 6.10 Å². The zero-order valence-electron chi connectivity index (χ0n) is 25.5. The van der Waals surface area contributed by atoms with Gasteiger partial charge in [-0.15, -0.1) is 11.3 Å². The Morgan fingerprint density at radius 1 is 1.05 bits per heavy atom. The van der Waals surface area contributed by atoms with Gasteiger partial charge in [0.15, 0.2) is 0 Å². The van der Waals surface area contributed by atoms with E-state index in [0.717, 1.165) is 78.7 Å². The molecule has 0 bridgehead atoms. The number of hydrogen-bond donors (Lipinski definition) is 2. The number of aryl methyl sites for hydroxylation is 1. The molecule has 6 rings (SSSR count). The lowest BCUT2D eigenvalue weighted by molar-refractivity contribution is -0.144. The predicted molar refractivity (Wildman–Crippen MR) is 171 cm³/mol. The Kier molecular flexibility index (Phi) is 9.36. The largest absolute Gasteiger partial charge is 0.383 e. The highest BCUT2D eigenvalue weighted by Crippen LogP contribution is 2.33. The first-order chi connectivity index (χ1) is 21.3. The quantitative estimate of drug-likeness (QED) is 0.282. The standard InChI is InChI=1S/C33H41N7O3S/c1-23-35-27-9-3-4-10-29(27)40(23)21-26-22-44-32(36-26)19-34-31(42)18-30(41)33(43)39-12-6-11-28(39)25-8-5-7-24(17-25)20-38-15-13-37(2)14-16-38/h3-5,7-10,17,22,28,30,41H,6,11-16,18-21H2,1-2H3,(H,34,42)/t28?,30-/m1/s1. The third kappa shape index (κ3) is 7.02. The number of likely N-dealkylation sites (tertiary alicyclic amines) is 1. The minimum atomic E-state index is -1.38. The van der Waals surface area contributed by atoms with Crippen LogP contribution in [-0.4, -0.2) is 92.0 Å². The highest BCUT2D eigenvalue weighted by molar-refractivity contribution is 7.09. The maximum Gasteiger partial charge on any atom is 0.252 e. The summed E-state index contributed by atoms with van der Waals surface area (Å²) in [6.07, 6.45) is 0.0695. The van der Waals surface area contributed by atoms with Gasteiger partial charge in [-0.3, -0.25) is 14.5 Å². The zero-order valence-corrected chi connectivity index (χ0v) is 26.3. The van der Waals surface area contributed by atoms with Crippen LogP contribution in [0.15, 0.2) is 53.9 Å². The van der Waals surface area contributed by atoms with Crippen molar-refractivity contribution in [3.05, 3.63) is 81.6 Å². The van der Waals surface area contributed by atoms with Gasteiger partial charge in [-0.1, -0.05) is 36.4 Å². The molecule has 4 aromatic rings. The molecule has 2 saturated heterocycles. The van der Waals surface area contributed by atoms with Gasteiger partial charge in [-0.2, -0.15) is 0 Å². The van der Waals surface area contributed by atoms with Crippen LogP contribution in [0.25, 0.3) is 11.0 Å². The SMILES string of the molecule is Cc1nc2ccccc2n1Cc1csc(CNC(=O)C[C@@H](O)C(=O)N2CCCC2c2cccc(CN3CCN(C)CC3)c2)n1. The Morgan fingerprint density at radius 3 is 2.70 bits per heavy atom. The second kappa shape index (κ2) is 13.6. The minimum absolute atomic E-state index is 0.0855. The number of likely N-dealkylation sites (N-methyl/N-ethyl adjacent to an activating group) is 1. The number of carbonyl (C=O) groups is 2. The molecule has 2 aliphatic rings. The number of aromatic nitrogens is 3. The van der Waals surface area contributed by atoms with Crippen LogP contribution in [0.5, 0.6) is 0 Å². The van der Waals surface area contributed by atoms with Gasteiger partial charge in [0.1, 0.15) is 16.9 Å². The first kappa shape index (κ1) is 30.4. The monoisotopic (exact) mass is 615 g/mol. The van der Waals surface area contributed by atoms with Crippen LogP contribution < -0.4 is 5.32 Å². The van der Waals surface area contributed by atoms with Crippen molar-refractivity contribution in [3.63, 3.8) is 0 Å². The van der Waals surface area contributed by atoms with E-state index in [1.165, 1.54) is 16.9 Å². The number of thiazole rings is 1. The average molecular weight is 616 g/mol. The molecule has 2 aliphatic heterocycles. The second-order valence-electron chi connectivity index (χ2n) is 12.0. The third-order valence-corrected chi connectivity index (χ3v) is 9.64. The van der Waals surface area contributed by atoms with Crippen molar-refractivity contribution >= 4 is 34.2 Å². The Hall–Kier alpha value is -3.64. The van der Waals surface area contributed by atoms with Crippen molar-refractivity contribution in [3.8, 4) is 0 Å². The van der Waals surface area contributed by atoms with Gasteiger partial charge in [-0.25, -0.2) is 9.97 Å². The Bertz CT molecular complexity index is 1610. The molecule has 2 aromatic carbocycles. The lowest BCUT2D eigenvalue weighted by Crippen LogP contribution is -2.43. The summed E-state index contributed by atoms with van der Waals surface area (Å²) in [5.41, 5.74) is 5.25. The molecule has 0 saturated carbocycles. The molecular formula is C33H41N7O3S. The lowest BCUT2D eigenvalue weighted by Gasteiger charge is -2.32. The van der Waals surface area contributed by atoms with Crippen LogP contribution in [-0.2, 0) is 29.2 Å². The fourth-order valence-corrected chi connectivity index (χ4v) is 7.03. The molecule has 10 nitrogen and oxygen atoms in total. The molecule has 4 heterocycles. The van der Waals surface area contributed by atoms with Crippen molar-refractivity contribution in [2.24, 2.45) is 0 Å². The number of nitrogens with one attached hydrogen (secondary N) is 1. The smallest absolute Gasteiger partial charge is 0.252 e. The van der Waals surface area contributed by atoms with Crippen LogP contribution in [0.3, 0.4) is 0 Å². The van der Waals surface area contributed by atoms with Crippen LogP contribution >= 0.6 is 11.3 Å². The van der Waals surface area contributed by atoms with Crippen LogP contribution in [0.4, 0.5) is 0 Å². The summed E-state index contributed by atoms with van der Waals surface area (Å²) in [6.45, 7) is 8.56. The number of imidazole rings is 1. The van der Waals surface area contributed by atoms with E-state index in [9.17, 15) is 14.7 Å². The molecule has 2 N–H and O–H groups in total. The molecule has 0 radical (unpaired) electrons. The number of fused-ring (bicyclic) bond motifs is 1. The number of hydrogen-bond acceptors (Lipinski definition) is 8. The molecule has 0 spiro atoms. The fraction of sp³-hybridized carbons (Fsp3) is 0.455. The number of piperazine rings is 1. The number of rotatable bonds is 10. The topological polar surface area (TPSA) is 107 Å². The number of benzene rings is 2. The highest BCUT2D eigenvalue weighted by Gasteiger charge is 2.34. The summed E-state index contributed by atoms with van der Waals surface area (Å²) in [5, 5.41) is 16.4. The molecule has 2 atom stereocenters. The van der Waals surface area contributed by atoms with Gasteiger partial charge in [0.05, 0.1) is 42.3 Å². The van der Waals surface area contributed by atoms with E-state index in [0.29, 0.717) is 13.1 Å². The zero-order chi connectivity index (χ0) is 30.6. The maximum atomic E-state index is 13.3. The van der Waals surface area contributed by atoms with E-state index in [-0.39, 0.29) is 30.8 Å². The van der Waals surface area contributed by atoms with Gasteiger partial charge in [0.2, 0.25) is 5.91 Å². The summed E-state index contributed by atoms with van der Waals surface area (Å²) in [6, 6.07) is 16.4. The molecule has 0 aliphatic carbocycles. The molecule has 44 heavy (non-hydrogen) atoms. The second-order valence-corrected chi connectivity index (χ2v) is 12.9. The van der Waals surface area contributed by atoms with Crippen LogP contribution in [0.2, 0.25) is 0 Å². The number of aliphatic hydroxyl groups excluding tert-OH is 1. The predicted octanol–water partition coefficient (Wildman–Crippen LogP) is 3.33. The summed E-state index contributed by atoms with van der Waals surface area (Å²) in [5.74, 6) is 0.168. The van der Waals surface area contributed by atoms with Crippen molar-refractivity contribution in [1.29, 1.82) is 0 Å². The Morgan fingerprint density at radius 2 is 1.86 bits per heavy atom. The van der Waals surface area contributed by atoms with E-state index >= 15 is 0 Å². The highest BCUT2D eigenvalue weighted by atomic mass is 32.1. The number of amides is 2. The number of carbonyl (C=O) groups excluding carboxylic acids is 2. The molecule has 232 valence electrons. The lowest BCUT2D eigenvalue weighted by atomic mass is 10.0. The van der Waals surface area contributed by atoms with E-state index in [2.05, 4.69) is 61.0 Å². The number of para-hydroxylation sites is 2. The van der Waals surface area contributed by atoms with Gasteiger partial charge < -0.3 is 24.8 Å². The Labute approximate surface area is 262 Å². The van der Waals surface area contributed by atoms with Crippen LogP contribution in [0, 0.1) is 6.92 Å². The van der Waals surface area contributed by atoms with Gasteiger partial charge in [0.25, 0.3) is 5.91 Å². The molecule has 2 amide bonds. The normalized spacial score (nSPS) is 18.6. The molecule has 2 fully saturated rings. The summed E-state index contributed by atoms with van der Waals surface area (Å²) >= 11 is 1.48. The molecular weight excluding hydrogens is 574 g/mol. The first-order valence-corrected chi connectivity index (χ1v) is 16.3. The molecule has 2 aromatic heterocycles.